The molecule has 2 N–H and O–H groups in total. The van der Waals surface area contributed by atoms with Gasteiger partial charge >= 0.3 is 0 Å². The van der Waals surface area contributed by atoms with Crippen LogP contribution in [0.5, 0.6) is 0 Å². The van der Waals surface area contributed by atoms with Crippen molar-refractivity contribution in [2.24, 2.45) is 11.7 Å². The molecule has 0 bridgehead atoms. The molecule has 1 aromatic carbocycles. The van der Waals surface area contributed by atoms with Crippen molar-refractivity contribution < 1.29 is 0 Å². The molecule has 0 aromatic heterocycles. The van der Waals surface area contributed by atoms with Crippen LogP contribution in [-0.4, -0.2) is 24.5 Å². The molecule has 0 spiro atoms. The molecule has 0 heterocycles. The molecule has 96 valence electrons. The van der Waals surface area contributed by atoms with Crippen molar-refractivity contribution in [3.8, 4) is 0 Å². The summed E-state index contributed by atoms with van der Waals surface area (Å²) < 4.78 is 1.11. The Labute approximate surface area is 113 Å². The fraction of sp³-hybridized carbons (Fsp3) is 0.571. The minimum absolute atomic E-state index is 0.292. The molecular formula is C14H23BrN2. The van der Waals surface area contributed by atoms with E-state index in [1.807, 2.05) is 0 Å². The van der Waals surface area contributed by atoms with Crippen molar-refractivity contribution in [2.75, 3.05) is 13.6 Å². The van der Waals surface area contributed by atoms with Crippen LogP contribution in [0.25, 0.3) is 0 Å². The van der Waals surface area contributed by atoms with Crippen molar-refractivity contribution in [3.05, 3.63) is 34.3 Å². The van der Waals surface area contributed by atoms with E-state index in [2.05, 4.69) is 72.9 Å². The molecular weight excluding hydrogens is 276 g/mol. The molecule has 0 radical (unpaired) electrons. The van der Waals surface area contributed by atoms with Gasteiger partial charge in [0.2, 0.25) is 0 Å². The average molecular weight is 299 g/mol. The summed E-state index contributed by atoms with van der Waals surface area (Å²) in [7, 11) is 2.16. The minimum atomic E-state index is 0.292. The van der Waals surface area contributed by atoms with E-state index in [0.717, 1.165) is 4.47 Å². The third-order valence-corrected chi connectivity index (χ3v) is 4.11. The molecule has 0 aliphatic rings. The maximum atomic E-state index is 5.93. The number of nitrogens with two attached hydrogens (primary N) is 1. The highest BCUT2D eigenvalue weighted by atomic mass is 79.9. The molecule has 0 amide bonds. The van der Waals surface area contributed by atoms with Gasteiger partial charge in [-0.2, -0.15) is 0 Å². The number of halogens is 1. The van der Waals surface area contributed by atoms with E-state index in [0.29, 0.717) is 24.5 Å². The fourth-order valence-corrected chi connectivity index (χ4v) is 2.24. The number of nitrogens with zero attached hydrogens (tertiary/aromatic N) is 1. The molecule has 17 heavy (non-hydrogen) atoms. The van der Waals surface area contributed by atoms with E-state index in [1.165, 1.54) is 5.56 Å². The first-order valence-electron chi connectivity index (χ1n) is 6.14. The predicted molar refractivity (Wildman–Crippen MR) is 78.0 cm³/mol. The predicted octanol–water partition coefficient (Wildman–Crippen LogP) is 3.43. The van der Waals surface area contributed by atoms with E-state index in [1.54, 1.807) is 0 Å². The normalized spacial score (nSPS) is 15.3. The topological polar surface area (TPSA) is 29.3 Å². The van der Waals surface area contributed by atoms with Crippen LogP contribution in [0.4, 0.5) is 0 Å². The van der Waals surface area contributed by atoms with Crippen LogP contribution in [0.15, 0.2) is 28.7 Å². The SMILES string of the molecule is CC(C)C(C)N(C)C(CN)c1ccc(Br)cc1. The zero-order valence-electron chi connectivity index (χ0n) is 11.2. The Morgan fingerprint density at radius 3 is 2.12 bits per heavy atom. The van der Waals surface area contributed by atoms with Crippen LogP contribution < -0.4 is 5.73 Å². The summed E-state index contributed by atoms with van der Waals surface area (Å²) >= 11 is 3.46. The number of benzene rings is 1. The lowest BCUT2D eigenvalue weighted by molar-refractivity contribution is 0.152. The van der Waals surface area contributed by atoms with Gasteiger partial charge < -0.3 is 5.73 Å². The van der Waals surface area contributed by atoms with Crippen LogP contribution in [-0.2, 0) is 0 Å². The summed E-state index contributed by atoms with van der Waals surface area (Å²) in [6.07, 6.45) is 0. The number of hydrogen-bond acceptors (Lipinski definition) is 2. The van der Waals surface area contributed by atoms with Crippen LogP contribution in [0.2, 0.25) is 0 Å². The second-order valence-electron chi connectivity index (χ2n) is 4.95. The van der Waals surface area contributed by atoms with Gasteiger partial charge in [-0.25, -0.2) is 0 Å². The smallest absolute Gasteiger partial charge is 0.0470 e. The summed E-state index contributed by atoms with van der Waals surface area (Å²) in [5.41, 5.74) is 7.21. The first-order chi connectivity index (χ1) is 7.97. The van der Waals surface area contributed by atoms with E-state index < -0.39 is 0 Å². The Bertz CT molecular complexity index is 335. The van der Waals surface area contributed by atoms with Crippen LogP contribution in [0.1, 0.15) is 32.4 Å². The van der Waals surface area contributed by atoms with Crippen molar-refractivity contribution in [1.82, 2.24) is 4.90 Å². The Kier molecular flexibility index (Phi) is 5.63. The summed E-state index contributed by atoms with van der Waals surface area (Å²) in [5.74, 6) is 0.629. The van der Waals surface area contributed by atoms with E-state index in [4.69, 9.17) is 5.73 Å². The minimum Gasteiger partial charge on any atom is -0.329 e. The Hall–Kier alpha value is -0.380. The molecule has 3 heteroatoms. The molecule has 2 nitrogen and oxygen atoms in total. The second-order valence-corrected chi connectivity index (χ2v) is 5.87. The lowest BCUT2D eigenvalue weighted by Gasteiger charge is -2.35. The van der Waals surface area contributed by atoms with Crippen molar-refractivity contribution >= 4 is 15.9 Å². The van der Waals surface area contributed by atoms with Gasteiger partial charge in [0, 0.05) is 23.1 Å². The van der Waals surface area contributed by atoms with Crippen molar-refractivity contribution in [3.63, 3.8) is 0 Å². The summed E-state index contributed by atoms with van der Waals surface area (Å²) in [4.78, 5) is 2.37. The summed E-state index contributed by atoms with van der Waals surface area (Å²) in [6, 6.07) is 9.25. The summed E-state index contributed by atoms with van der Waals surface area (Å²) in [6.45, 7) is 7.40. The molecule has 1 rings (SSSR count). The highest BCUT2D eigenvalue weighted by Gasteiger charge is 2.22. The third-order valence-electron chi connectivity index (χ3n) is 3.58. The average Bonchev–Trinajstić information content (AvgIpc) is 2.31. The number of hydrogen-bond donors (Lipinski definition) is 1. The first kappa shape index (κ1) is 14.7. The quantitative estimate of drug-likeness (QED) is 0.902. The molecule has 1 aromatic rings. The molecule has 0 aliphatic heterocycles. The van der Waals surface area contributed by atoms with Crippen molar-refractivity contribution in [1.29, 1.82) is 0 Å². The molecule has 2 atom stereocenters. The Morgan fingerprint density at radius 1 is 1.18 bits per heavy atom. The molecule has 2 unspecified atom stereocenters. The van der Waals surface area contributed by atoms with Gasteiger partial charge in [0.05, 0.1) is 0 Å². The van der Waals surface area contributed by atoms with Gasteiger partial charge in [0.25, 0.3) is 0 Å². The Morgan fingerprint density at radius 2 is 1.71 bits per heavy atom. The number of rotatable bonds is 5. The third kappa shape index (κ3) is 3.80. The van der Waals surface area contributed by atoms with Gasteiger partial charge in [-0.15, -0.1) is 0 Å². The van der Waals surface area contributed by atoms with Gasteiger partial charge in [-0.05, 0) is 37.6 Å². The van der Waals surface area contributed by atoms with Crippen LogP contribution in [0, 0.1) is 5.92 Å². The van der Waals surface area contributed by atoms with Gasteiger partial charge in [-0.3, -0.25) is 4.90 Å². The highest BCUT2D eigenvalue weighted by molar-refractivity contribution is 9.10. The van der Waals surface area contributed by atoms with Gasteiger partial charge in [0.1, 0.15) is 0 Å². The Balaban J connectivity index is 2.87. The number of likely N-dealkylation sites (N-methyl/N-ethyl adjacent to an activating group) is 1. The zero-order valence-corrected chi connectivity index (χ0v) is 12.7. The lowest BCUT2D eigenvalue weighted by atomic mass is 9.99. The van der Waals surface area contributed by atoms with E-state index >= 15 is 0 Å². The van der Waals surface area contributed by atoms with Crippen LogP contribution >= 0.6 is 15.9 Å². The van der Waals surface area contributed by atoms with Gasteiger partial charge in [0.15, 0.2) is 0 Å². The zero-order chi connectivity index (χ0) is 13.0. The van der Waals surface area contributed by atoms with Gasteiger partial charge in [-0.1, -0.05) is 41.9 Å². The lowest BCUT2D eigenvalue weighted by Crippen LogP contribution is -2.39. The van der Waals surface area contributed by atoms with E-state index in [9.17, 15) is 0 Å². The maximum absolute atomic E-state index is 5.93. The monoisotopic (exact) mass is 298 g/mol. The highest BCUT2D eigenvalue weighted by Crippen LogP contribution is 2.24. The van der Waals surface area contributed by atoms with E-state index in [-0.39, 0.29) is 0 Å². The van der Waals surface area contributed by atoms with Crippen LogP contribution in [0.3, 0.4) is 0 Å². The summed E-state index contributed by atoms with van der Waals surface area (Å²) in [5, 5.41) is 0. The molecule has 0 aliphatic carbocycles. The largest absolute Gasteiger partial charge is 0.329 e. The fourth-order valence-electron chi connectivity index (χ4n) is 1.98. The standard InChI is InChI=1S/C14H23BrN2/c1-10(2)11(3)17(4)14(9-16)12-5-7-13(15)8-6-12/h5-8,10-11,14H,9,16H2,1-4H3. The second kappa shape index (κ2) is 6.53. The first-order valence-corrected chi connectivity index (χ1v) is 6.94. The molecule has 0 fully saturated rings. The molecule has 0 saturated carbocycles. The molecule has 0 saturated heterocycles. The van der Waals surface area contributed by atoms with Crippen molar-refractivity contribution in [2.45, 2.75) is 32.9 Å². The maximum Gasteiger partial charge on any atom is 0.0470 e.